The second kappa shape index (κ2) is 9.23. The zero-order valence-corrected chi connectivity index (χ0v) is 13.1. The number of para-hydroxylation sites is 1. The molecule has 0 aliphatic heterocycles. The highest BCUT2D eigenvalue weighted by molar-refractivity contribution is 5.79. The van der Waals surface area contributed by atoms with E-state index < -0.39 is 0 Å². The van der Waals surface area contributed by atoms with Crippen molar-refractivity contribution in [3.8, 4) is 5.75 Å². The first kappa shape index (κ1) is 16.3. The average molecular weight is 277 g/mol. The molecule has 0 heterocycles. The van der Waals surface area contributed by atoms with Crippen LogP contribution in [-0.2, 0) is 6.54 Å². The molecule has 0 aromatic heterocycles. The second-order valence-electron chi connectivity index (χ2n) is 4.72. The second-order valence-corrected chi connectivity index (χ2v) is 4.72. The summed E-state index contributed by atoms with van der Waals surface area (Å²) in [6.07, 6.45) is 2.36. The number of unbranched alkanes of at least 4 members (excludes halogenated alkanes) is 1. The largest absolute Gasteiger partial charge is 0.494 e. The third-order valence-electron chi connectivity index (χ3n) is 3.13. The van der Waals surface area contributed by atoms with Crippen molar-refractivity contribution < 1.29 is 4.74 Å². The lowest BCUT2D eigenvalue weighted by atomic mass is 10.2. The van der Waals surface area contributed by atoms with Crippen molar-refractivity contribution in [2.24, 2.45) is 4.99 Å². The van der Waals surface area contributed by atoms with Gasteiger partial charge in [0, 0.05) is 32.7 Å². The maximum atomic E-state index is 5.63. The average Bonchev–Trinajstić information content (AvgIpc) is 2.47. The molecule has 0 saturated carbocycles. The van der Waals surface area contributed by atoms with E-state index in [0.717, 1.165) is 30.4 Å². The van der Waals surface area contributed by atoms with Gasteiger partial charge in [0.15, 0.2) is 5.96 Å². The maximum absolute atomic E-state index is 5.63. The highest BCUT2D eigenvalue weighted by Crippen LogP contribution is 2.17. The van der Waals surface area contributed by atoms with Gasteiger partial charge in [0.2, 0.25) is 0 Å². The summed E-state index contributed by atoms with van der Waals surface area (Å²) in [4.78, 5) is 6.48. The zero-order valence-electron chi connectivity index (χ0n) is 13.1. The number of benzene rings is 1. The van der Waals surface area contributed by atoms with Gasteiger partial charge in [-0.1, -0.05) is 31.5 Å². The van der Waals surface area contributed by atoms with Crippen LogP contribution in [0.5, 0.6) is 5.75 Å². The Balaban J connectivity index is 2.60. The molecule has 1 rings (SSSR count). The van der Waals surface area contributed by atoms with Gasteiger partial charge >= 0.3 is 0 Å². The molecule has 20 heavy (non-hydrogen) atoms. The summed E-state index contributed by atoms with van der Waals surface area (Å²) in [5, 5.41) is 3.39. The lowest BCUT2D eigenvalue weighted by Crippen LogP contribution is -2.39. The van der Waals surface area contributed by atoms with Crippen LogP contribution in [-0.4, -0.2) is 38.1 Å². The molecule has 4 heteroatoms. The molecular weight excluding hydrogens is 250 g/mol. The Hall–Kier alpha value is -1.71. The van der Waals surface area contributed by atoms with Gasteiger partial charge in [0.05, 0.1) is 6.61 Å². The predicted molar refractivity (Wildman–Crippen MR) is 85.3 cm³/mol. The summed E-state index contributed by atoms with van der Waals surface area (Å²) < 4.78 is 5.63. The third kappa shape index (κ3) is 5.11. The normalized spacial score (nSPS) is 11.3. The maximum Gasteiger partial charge on any atom is 0.193 e. The Morgan fingerprint density at radius 1 is 1.30 bits per heavy atom. The van der Waals surface area contributed by atoms with Gasteiger partial charge in [-0.25, -0.2) is 0 Å². The number of nitrogens with zero attached hydrogens (tertiary/aromatic N) is 2. The van der Waals surface area contributed by atoms with E-state index in [1.54, 1.807) is 0 Å². The Kier molecular flexibility index (Phi) is 7.55. The predicted octanol–water partition coefficient (Wildman–Crippen LogP) is 2.89. The molecule has 0 bridgehead atoms. The number of aliphatic imine (C=N–C) groups is 1. The van der Waals surface area contributed by atoms with E-state index in [1.165, 1.54) is 12.8 Å². The number of guanidine groups is 1. The summed E-state index contributed by atoms with van der Waals surface area (Å²) >= 11 is 0. The first-order chi connectivity index (χ1) is 9.72. The van der Waals surface area contributed by atoms with E-state index in [2.05, 4.69) is 35.2 Å². The first-order valence-corrected chi connectivity index (χ1v) is 7.35. The SMILES string of the molecule is CCCCN(C)C(=NC)NCc1ccccc1OCC. The third-order valence-corrected chi connectivity index (χ3v) is 3.13. The van der Waals surface area contributed by atoms with Gasteiger partial charge in [-0.3, -0.25) is 4.99 Å². The molecule has 0 aliphatic rings. The Morgan fingerprint density at radius 3 is 2.70 bits per heavy atom. The van der Waals surface area contributed by atoms with Gasteiger partial charge in [-0.2, -0.15) is 0 Å². The van der Waals surface area contributed by atoms with Gasteiger partial charge in [-0.15, -0.1) is 0 Å². The minimum atomic E-state index is 0.683. The minimum absolute atomic E-state index is 0.683. The fourth-order valence-corrected chi connectivity index (χ4v) is 2.01. The number of rotatable bonds is 7. The zero-order chi connectivity index (χ0) is 14.8. The van der Waals surface area contributed by atoms with E-state index in [1.807, 2.05) is 32.2 Å². The topological polar surface area (TPSA) is 36.9 Å². The minimum Gasteiger partial charge on any atom is -0.494 e. The lowest BCUT2D eigenvalue weighted by molar-refractivity contribution is 0.336. The van der Waals surface area contributed by atoms with Crippen LogP contribution in [0.15, 0.2) is 29.3 Å². The smallest absolute Gasteiger partial charge is 0.193 e. The molecule has 0 aliphatic carbocycles. The fraction of sp³-hybridized carbons (Fsp3) is 0.562. The van der Waals surface area contributed by atoms with Crippen LogP contribution in [0.2, 0.25) is 0 Å². The highest BCUT2D eigenvalue weighted by Gasteiger charge is 2.07. The van der Waals surface area contributed by atoms with Crippen LogP contribution in [0.3, 0.4) is 0 Å². The Morgan fingerprint density at radius 2 is 2.05 bits per heavy atom. The van der Waals surface area contributed by atoms with Crippen LogP contribution >= 0.6 is 0 Å². The molecule has 112 valence electrons. The van der Waals surface area contributed by atoms with Gasteiger partial charge in [-0.05, 0) is 19.4 Å². The van der Waals surface area contributed by atoms with Crippen molar-refractivity contribution in [2.45, 2.75) is 33.2 Å². The Bertz CT molecular complexity index is 418. The molecule has 1 aromatic carbocycles. The molecule has 0 amide bonds. The van der Waals surface area contributed by atoms with Crippen LogP contribution in [0.1, 0.15) is 32.3 Å². The molecule has 0 atom stereocenters. The van der Waals surface area contributed by atoms with E-state index >= 15 is 0 Å². The van der Waals surface area contributed by atoms with E-state index in [-0.39, 0.29) is 0 Å². The monoisotopic (exact) mass is 277 g/mol. The number of nitrogens with one attached hydrogen (secondary N) is 1. The van der Waals surface area contributed by atoms with Crippen LogP contribution in [0.25, 0.3) is 0 Å². The molecule has 1 aromatic rings. The summed E-state index contributed by atoms with van der Waals surface area (Å²) in [5.74, 6) is 1.86. The molecule has 0 unspecified atom stereocenters. The molecule has 0 fully saturated rings. The molecule has 4 nitrogen and oxygen atoms in total. The summed E-state index contributed by atoms with van der Waals surface area (Å²) in [6, 6.07) is 8.11. The van der Waals surface area contributed by atoms with Crippen molar-refractivity contribution in [3.63, 3.8) is 0 Å². The molecule has 0 radical (unpaired) electrons. The number of hydrogen-bond acceptors (Lipinski definition) is 2. The van der Waals surface area contributed by atoms with Crippen molar-refractivity contribution >= 4 is 5.96 Å². The van der Waals surface area contributed by atoms with E-state index in [4.69, 9.17) is 4.74 Å². The quantitative estimate of drug-likeness (QED) is 0.615. The summed E-state index contributed by atoms with van der Waals surface area (Å²) in [5.41, 5.74) is 1.15. The number of hydrogen-bond donors (Lipinski definition) is 1. The summed E-state index contributed by atoms with van der Waals surface area (Å²) in [7, 11) is 3.89. The van der Waals surface area contributed by atoms with E-state index in [9.17, 15) is 0 Å². The first-order valence-electron chi connectivity index (χ1n) is 7.35. The lowest BCUT2D eigenvalue weighted by Gasteiger charge is -2.22. The number of ether oxygens (including phenoxy) is 1. The standard InChI is InChI=1S/C16H27N3O/c1-5-7-12-19(4)16(17-3)18-13-14-10-8-9-11-15(14)20-6-2/h8-11H,5-7,12-13H2,1-4H3,(H,17,18). The molecular formula is C16H27N3O. The van der Waals surface area contributed by atoms with Crippen molar-refractivity contribution in [1.29, 1.82) is 0 Å². The molecule has 1 N–H and O–H groups in total. The molecule has 0 saturated heterocycles. The molecule has 0 spiro atoms. The fourth-order valence-electron chi connectivity index (χ4n) is 2.01. The van der Waals surface area contributed by atoms with Crippen LogP contribution in [0, 0.1) is 0 Å². The highest BCUT2D eigenvalue weighted by atomic mass is 16.5. The van der Waals surface area contributed by atoms with Crippen LogP contribution < -0.4 is 10.1 Å². The van der Waals surface area contributed by atoms with Crippen molar-refractivity contribution in [1.82, 2.24) is 10.2 Å². The van der Waals surface area contributed by atoms with E-state index in [0.29, 0.717) is 6.61 Å². The van der Waals surface area contributed by atoms with Gasteiger partial charge in [0.1, 0.15) is 5.75 Å². The van der Waals surface area contributed by atoms with Crippen LogP contribution in [0.4, 0.5) is 0 Å². The Labute approximate surface area is 122 Å². The van der Waals surface area contributed by atoms with Gasteiger partial charge < -0.3 is 15.0 Å². The van der Waals surface area contributed by atoms with Gasteiger partial charge in [0.25, 0.3) is 0 Å². The van der Waals surface area contributed by atoms with Crippen molar-refractivity contribution in [2.75, 3.05) is 27.2 Å². The van der Waals surface area contributed by atoms with Crippen molar-refractivity contribution in [3.05, 3.63) is 29.8 Å². The summed E-state index contributed by atoms with van der Waals surface area (Å²) in [6.45, 7) is 6.62.